The third-order valence-electron chi connectivity index (χ3n) is 8.58. The molecule has 0 radical (unpaired) electrons. The number of benzene rings is 4. The quantitative estimate of drug-likeness (QED) is 0.208. The Morgan fingerprint density at radius 3 is 1.76 bits per heavy atom. The molecule has 1 aliphatic rings. The van der Waals surface area contributed by atoms with Crippen molar-refractivity contribution in [1.29, 1.82) is 0 Å². The molecule has 42 heavy (non-hydrogen) atoms. The van der Waals surface area contributed by atoms with Gasteiger partial charge >= 0.3 is 0 Å². The topological polar surface area (TPSA) is 49.7 Å². The summed E-state index contributed by atoms with van der Waals surface area (Å²) in [6.07, 6.45) is 3.82. The highest BCUT2D eigenvalue weighted by atomic mass is 32.2. The van der Waals surface area contributed by atoms with E-state index in [4.69, 9.17) is 4.99 Å². The zero-order valence-corrected chi connectivity index (χ0v) is 26.9. The van der Waals surface area contributed by atoms with Crippen LogP contribution >= 0.6 is 0 Å². The van der Waals surface area contributed by atoms with Gasteiger partial charge in [-0.25, -0.2) is 12.7 Å². The molecule has 2 unspecified atom stereocenters. The summed E-state index contributed by atoms with van der Waals surface area (Å²) in [6, 6.07) is 38.9. The summed E-state index contributed by atoms with van der Waals surface area (Å²) >= 11 is 0. The predicted molar refractivity (Wildman–Crippen MR) is 179 cm³/mol. The Kier molecular flexibility index (Phi) is 8.40. The molecule has 4 aromatic carbocycles. The first-order valence-electron chi connectivity index (χ1n) is 14.6. The average molecular weight is 593 g/mol. The zero-order chi connectivity index (χ0) is 30.0. The maximum atomic E-state index is 14.2. The van der Waals surface area contributed by atoms with E-state index in [2.05, 4.69) is 81.4 Å². The molecule has 1 heterocycles. The minimum absolute atomic E-state index is 0.0613. The Morgan fingerprint density at radius 2 is 1.26 bits per heavy atom. The fourth-order valence-corrected chi connectivity index (χ4v) is 13.6. The van der Waals surface area contributed by atoms with Gasteiger partial charge in [-0.15, -0.1) is 0 Å². The highest BCUT2D eigenvalue weighted by Crippen LogP contribution is 2.42. The fourth-order valence-electron chi connectivity index (χ4n) is 6.27. The Balaban J connectivity index is 1.65. The van der Waals surface area contributed by atoms with Crippen LogP contribution in [0.15, 0.2) is 131 Å². The largest absolute Gasteiger partial charge is 0.265 e. The number of nitrogens with zero attached hydrogens (tertiary/aromatic N) is 2. The van der Waals surface area contributed by atoms with Crippen molar-refractivity contribution < 1.29 is 8.42 Å². The number of rotatable bonds is 8. The summed E-state index contributed by atoms with van der Waals surface area (Å²) in [5.41, 5.74) is 2.02. The predicted octanol–water partition coefficient (Wildman–Crippen LogP) is 6.93. The highest BCUT2D eigenvalue weighted by Gasteiger charge is 2.52. The van der Waals surface area contributed by atoms with E-state index >= 15 is 0 Å². The van der Waals surface area contributed by atoms with Gasteiger partial charge in [-0.3, -0.25) is 4.99 Å². The molecular formula is C36H40N2O2SSi. The Hall–Kier alpha value is -3.74. The summed E-state index contributed by atoms with van der Waals surface area (Å²) in [4.78, 5) is 5.52. The molecule has 216 valence electrons. The number of amidine groups is 1. The van der Waals surface area contributed by atoms with Gasteiger partial charge in [0.1, 0.15) is 13.9 Å². The first-order chi connectivity index (χ1) is 20.0. The van der Waals surface area contributed by atoms with E-state index in [1.807, 2.05) is 68.5 Å². The first-order valence-corrected chi connectivity index (χ1v) is 18.2. The van der Waals surface area contributed by atoms with Crippen LogP contribution in [0.4, 0.5) is 0 Å². The van der Waals surface area contributed by atoms with Gasteiger partial charge in [0.25, 0.3) is 10.0 Å². The molecule has 0 saturated carbocycles. The fraction of sp³-hybridized carbons (Fsp3) is 0.250. The summed E-state index contributed by atoms with van der Waals surface area (Å²) < 4.78 is 30.1. The van der Waals surface area contributed by atoms with Crippen molar-refractivity contribution >= 4 is 40.4 Å². The van der Waals surface area contributed by atoms with Crippen molar-refractivity contribution in [3.8, 4) is 0 Å². The van der Waals surface area contributed by atoms with Crippen LogP contribution in [0.5, 0.6) is 0 Å². The van der Waals surface area contributed by atoms with Gasteiger partial charge in [0.2, 0.25) is 0 Å². The van der Waals surface area contributed by atoms with E-state index in [1.54, 1.807) is 16.4 Å². The van der Waals surface area contributed by atoms with E-state index in [1.165, 1.54) is 10.4 Å². The van der Waals surface area contributed by atoms with Crippen molar-refractivity contribution in [2.75, 3.05) is 0 Å². The molecule has 6 heteroatoms. The molecule has 2 atom stereocenters. The van der Waals surface area contributed by atoms with Crippen LogP contribution in [0.1, 0.15) is 38.8 Å². The molecule has 0 aromatic heterocycles. The average Bonchev–Trinajstić information content (AvgIpc) is 3.31. The number of hydrogen-bond acceptors (Lipinski definition) is 3. The van der Waals surface area contributed by atoms with Crippen LogP contribution in [-0.4, -0.2) is 38.7 Å². The van der Waals surface area contributed by atoms with Crippen molar-refractivity contribution in [2.45, 2.75) is 62.7 Å². The van der Waals surface area contributed by atoms with E-state index in [9.17, 15) is 8.42 Å². The molecule has 4 aromatic rings. The van der Waals surface area contributed by atoms with Gasteiger partial charge in [-0.1, -0.05) is 146 Å². The molecular weight excluding hydrogens is 553 g/mol. The number of aryl methyl sites for hydroxylation is 1. The summed E-state index contributed by atoms with van der Waals surface area (Å²) in [7, 11) is -6.35. The molecule has 0 saturated heterocycles. The maximum absolute atomic E-state index is 14.2. The smallest absolute Gasteiger partial charge is 0.262 e. The molecule has 0 aliphatic carbocycles. The summed E-state index contributed by atoms with van der Waals surface area (Å²) in [6.45, 7) is 11.0. The lowest BCUT2D eigenvalue weighted by atomic mass is 10.2. The lowest BCUT2D eigenvalue weighted by Crippen LogP contribution is -2.66. The standard InChI is InChI=1S/C36H40N2O2SSi/c1-28-21-24-31(25-22-28)41(39,40)38-29(2)34(37-35(38)26-23-30-15-9-6-10-16-30)27-42(36(3,4)5,32-17-11-7-12-18-32)33-19-13-8-14-20-33/h6-26,29,34H,27H2,1-5H3/b26-23+. The van der Waals surface area contributed by atoms with Gasteiger partial charge < -0.3 is 0 Å². The van der Waals surface area contributed by atoms with Crippen LogP contribution in [0.2, 0.25) is 11.1 Å². The highest BCUT2D eigenvalue weighted by molar-refractivity contribution is 7.89. The second-order valence-corrected chi connectivity index (χ2v) is 18.9. The maximum Gasteiger partial charge on any atom is 0.265 e. The van der Waals surface area contributed by atoms with E-state index < -0.39 is 18.1 Å². The summed E-state index contributed by atoms with van der Waals surface area (Å²) in [5, 5.41) is 2.62. The molecule has 0 N–H and O–H groups in total. The van der Waals surface area contributed by atoms with Crippen LogP contribution in [0.3, 0.4) is 0 Å². The molecule has 0 amide bonds. The van der Waals surface area contributed by atoms with Gasteiger partial charge in [0, 0.05) is 0 Å². The zero-order valence-electron chi connectivity index (χ0n) is 25.1. The SMILES string of the molecule is Cc1ccc(S(=O)(=O)N2C(/C=C/c3ccccc3)=NC(C[Si](c3ccccc3)(c3ccccc3)C(C)(C)C)C2C)cc1. The second kappa shape index (κ2) is 11.9. The van der Waals surface area contributed by atoms with Crippen LogP contribution in [0.25, 0.3) is 6.08 Å². The molecule has 0 bridgehead atoms. The van der Waals surface area contributed by atoms with E-state index in [0.29, 0.717) is 5.84 Å². The minimum atomic E-state index is -3.84. The molecule has 0 fully saturated rings. The van der Waals surface area contributed by atoms with Crippen molar-refractivity contribution in [3.05, 3.63) is 132 Å². The molecule has 1 aliphatic heterocycles. The van der Waals surface area contributed by atoms with Crippen LogP contribution < -0.4 is 10.4 Å². The second-order valence-electron chi connectivity index (χ2n) is 12.2. The third-order valence-corrected chi connectivity index (χ3v) is 16.7. The molecule has 5 rings (SSSR count). The van der Waals surface area contributed by atoms with Gasteiger partial charge in [-0.2, -0.15) is 0 Å². The first kappa shape index (κ1) is 29.7. The Morgan fingerprint density at radius 1 is 0.762 bits per heavy atom. The van der Waals surface area contributed by atoms with Crippen LogP contribution in [-0.2, 0) is 10.0 Å². The lowest BCUT2D eigenvalue weighted by Gasteiger charge is -2.46. The number of sulfonamides is 1. The van der Waals surface area contributed by atoms with Gasteiger partial charge in [-0.05, 0) is 48.7 Å². The van der Waals surface area contributed by atoms with Gasteiger partial charge in [0.15, 0.2) is 0 Å². The monoisotopic (exact) mass is 592 g/mol. The summed E-state index contributed by atoms with van der Waals surface area (Å²) in [5.74, 6) is 0.481. The van der Waals surface area contributed by atoms with Crippen molar-refractivity contribution in [3.63, 3.8) is 0 Å². The Bertz CT molecular complexity index is 1620. The normalized spacial score (nSPS) is 17.9. The Labute approximate surface area is 252 Å². The van der Waals surface area contributed by atoms with Crippen molar-refractivity contribution in [1.82, 2.24) is 4.31 Å². The number of hydrogen-bond donors (Lipinski definition) is 0. The van der Waals surface area contributed by atoms with Gasteiger partial charge in [0.05, 0.1) is 17.0 Å². The molecule has 0 spiro atoms. The van der Waals surface area contributed by atoms with Crippen molar-refractivity contribution in [2.24, 2.45) is 4.99 Å². The minimum Gasteiger partial charge on any atom is -0.262 e. The van der Waals surface area contributed by atoms with E-state index in [-0.39, 0.29) is 22.0 Å². The lowest BCUT2D eigenvalue weighted by molar-refractivity contribution is 0.438. The molecule has 4 nitrogen and oxygen atoms in total. The van der Waals surface area contributed by atoms with E-state index in [0.717, 1.165) is 17.2 Å². The number of aliphatic imine (C=N–C) groups is 1. The third kappa shape index (κ3) is 5.66. The van der Waals surface area contributed by atoms with Crippen LogP contribution in [0, 0.1) is 6.92 Å².